The molecule has 126 valence electrons. The SMILES string of the molecule is CCCCN1Cc2sc(NC(=O)Nc3ccccc3F)nc2C1=O. The summed E-state index contributed by atoms with van der Waals surface area (Å²) in [6, 6.07) is 5.30. The van der Waals surface area contributed by atoms with Crippen LogP contribution in [0.4, 0.5) is 20.0 Å². The van der Waals surface area contributed by atoms with Gasteiger partial charge in [0.25, 0.3) is 5.91 Å². The van der Waals surface area contributed by atoms with E-state index in [0.717, 1.165) is 24.3 Å². The topological polar surface area (TPSA) is 74.3 Å². The van der Waals surface area contributed by atoms with Gasteiger partial charge in [0.1, 0.15) is 11.5 Å². The van der Waals surface area contributed by atoms with Crippen LogP contribution in [-0.4, -0.2) is 28.4 Å². The van der Waals surface area contributed by atoms with Crippen LogP contribution in [0.5, 0.6) is 0 Å². The Bertz CT molecular complexity index is 777. The molecule has 2 heterocycles. The molecule has 1 aromatic heterocycles. The highest BCUT2D eigenvalue weighted by Crippen LogP contribution is 2.31. The summed E-state index contributed by atoms with van der Waals surface area (Å²) in [6.45, 7) is 3.32. The number of para-hydroxylation sites is 1. The molecule has 1 aromatic carbocycles. The smallest absolute Gasteiger partial charge is 0.325 e. The molecule has 6 nitrogen and oxygen atoms in total. The van der Waals surface area contributed by atoms with Crippen molar-refractivity contribution < 1.29 is 14.0 Å². The van der Waals surface area contributed by atoms with E-state index in [1.807, 2.05) is 0 Å². The molecule has 0 saturated carbocycles. The summed E-state index contributed by atoms with van der Waals surface area (Å²) in [7, 11) is 0. The van der Waals surface area contributed by atoms with Gasteiger partial charge in [-0.25, -0.2) is 14.2 Å². The van der Waals surface area contributed by atoms with Crippen molar-refractivity contribution in [2.45, 2.75) is 26.3 Å². The molecule has 0 atom stereocenters. The quantitative estimate of drug-likeness (QED) is 0.865. The fourth-order valence-electron chi connectivity index (χ4n) is 2.42. The predicted octanol–water partition coefficient (Wildman–Crippen LogP) is 3.68. The first-order chi connectivity index (χ1) is 11.6. The zero-order chi connectivity index (χ0) is 17.1. The summed E-state index contributed by atoms with van der Waals surface area (Å²) in [5.41, 5.74) is 0.484. The van der Waals surface area contributed by atoms with Gasteiger partial charge < -0.3 is 10.2 Å². The van der Waals surface area contributed by atoms with Gasteiger partial charge in [-0.05, 0) is 18.6 Å². The predicted molar refractivity (Wildman–Crippen MR) is 90.8 cm³/mol. The number of halogens is 1. The van der Waals surface area contributed by atoms with Crippen LogP contribution in [0.25, 0.3) is 0 Å². The van der Waals surface area contributed by atoms with Crippen LogP contribution in [0, 0.1) is 5.82 Å². The normalized spacial score (nSPS) is 13.1. The van der Waals surface area contributed by atoms with E-state index in [-0.39, 0.29) is 11.6 Å². The second-order valence-electron chi connectivity index (χ2n) is 5.43. The second kappa shape index (κ2) is 6.96. The Morgan fingerprint density at radius 1 is 1.38 bits per heavy atom. The molecule has 2 aromatic rings. The first-order valence-corrected chi connectivity index (χ1v) is 8.51. The first-order valence-electron chi connectivity index (χ1n) is 7.70. The van der Waals surface area contributed by atoms with Crippen molar-refractivity contribution in [3.05, 3.63) is 40.7 Å². The largest absolute Gasteiger partial charge is 0.332 e. The van der Waals surface area contributed by atoms with E-state index in [4.69, 9.17) is 0 Å². The fourth-order valence-corrected chi connectivity index (χ4v) is 3.38. The number of fused-ring (bicyclic) bond motifs is 1. The lowest BCUT2D eigenvalue weighted by Crippen LogP contribution is -2.25. The van der Waals surface area contributed by atoms with Crippen LogP contribution in [0.1, 0.15) is 35.1 Å². The van der Waals surface area contributed by atoms with E-state index in [0.29, 0.717) is 17.4 Å². The van der Waals surface area contributed by atoms with Crippen LogP contribution < -0.4 is 10.6 Å². The molecule has 3 rings (SSSR count). The third kappa shape index (κ3) is 3.38. The molecule has 24 heavy (non-hydrogen) atoms. The van der Waals surface area contributed by atoms with Crippen molar-refractivity contribution in [3.63, 3.8) is 0 Å². The second-order valence-corrected chi connectivity index (χ2v) is 6.51. The fraction of sp³-hybridized carbons (Fsp3) is 0.312. The molecular weight excluding hydrogens is 331 g/mol. The number of nitrogens with one attached hydrogen (secondary N) is 2. The molecule has 0 spiro atoms. The van der Waals surface area contributed by atoms with Crippen molar-refractivity contribution >= 4 is 34.1 Å². The van der Waals surface area contributed by atoms with Crippen molar-refractivity contribution in [3.8, 4) is 0 Å². The van der Waals surface area contributed by atoms with Gasteiger partial charge in [0.2, 0.25) is 0 Å². The van der Waals surface area contributed by atoms with Gasteiger partial charge in [0.05, 0.1) is 17.1 Å². The monoisotopic (exact) mass is 348 g/mol. The van der Waals surface area contributed by atoms with Gasteiger partial charge in [-0.3, -0.25) is 10.1 Å². The summed E-state index contributed by atoms with van der Waals surface area (Å²) in [5, 5.41) is 5.29. The van der Waals surface area contributed by atoms with E-state index >= 15 is 0 Å². The number of carbonyl (C=O) groups is 2. The standard InChI is InChI=1S/C16H17FN4O2S/c1-2-3-8-21-9-12-13(14(21)22)19-16(24-12)20-15(23)18-11-7-5-4-6-10(11)17/h4-7H,2-3,8-9H2,1H3,(H2,18,19,20,23). The lowest BCUT2D eigenvalue weighted by atomic mass is 10.3. The number of benzene rings is 1. The Morgan fingerprint density at radius 2 is 2.17 bits per heavy atom. The Morgan fingerprint density at radius 3 is 2.88 bits per heavy atom. The summed E-state index contributed by atoms with van der Waals surface area (Å²) in [5.74, 6) is -0.617. The minimum Gasteiger partial charge on any atom is -0.332 e. The number of thiazole rings is 1. The minimum absolute atomic E-state index is 0.0842. The summed E-state index contributed by atoms with van der Waals surface area (Å²) < 4.78 is 13.5. The van der Waals surface area contributed by atoms with Crippen LogP contribution in [-0.2, 0) is 6.54 Å². The van der Waals surface area contributed by atoms with Gasteiger partial charge in [-0.2, -0.15) is 0 Å². The molecule has 8 heteroatoms. The number of rotatable bonds is 5. The maximum absolute atomic E-state index is 13.5. The van der Waals surface area contributed by atoms with Crippen LogP contribution in [0.15, 0.2) is 24.3 Å². The Balaban J connectivity index is 1.63. The molecule has 0 fully saturated rings. The van der Waals surface area contributed by atoms with E-state index in [2.05, 4.69) is 22.5 Å². The Labute approximate surface area is 142 Å². The highest BCUT2D eigenvalue weighted by Gasteiger charge is 2.31. The average Bonchev–Trinajstić information content (AvgIpc) is 3.06. The Hall–Kier alpha value is -2.48. The van der Waals surface area contributed by atoms with Crippen molar-refractivity contribution in [1.29, 1.82) is 0 Å². The van der Waals surface area contributed by atoms with Crippen molar-refractivity contribution in [1.82, 2.24) is 9.88 Å². The van der Waals surface area contributed by atoms with Crippen LogP contribution >= 0.6 is 11.3 Å². The number of amides is 3. The van der Waals surface area contributed by atoms with Gasteiger partial charge in [-0.1, -0.05) is 36.8 Å². The molecule has 3 amide bonds. The zero-order valence-electron chi connectivity index (χ0n) is 13.1. The highest BCUT2D eigenvalue weighted by atomic mass is 32.1. The molecule has 1 aliphatic heterocycles. The zero-order valence-corrected chi connectivity index (χ0v) is 14.0. The third-order valence-electron chi connectivity index (χ3n) is 3.65. The third-order valence-corrected chi connectivity index (χ3v) is 4.60. The number of urea groups is 1. The van der Waals surface area contributed by atoms with Gasteiger partial charge in [0.15, 0.2) is 5.13 Å². The van der Waals surface area contributed by atoms with Crippen molar-refractivity contribution in [2.75, 3.05) is 17.2 Å². The van der Waals surface area contributed by atoms with Crippen LogP contribution in [0.2, 0.25) is 0 Å². The maximum atomic E-state index is 13.5. The van der Waals surface area contributed by atoms with E-state index in [1.165, 1.54) is 23.5 Å². The lowest BCUT2D eigenvalue weighted by Gasteiger charge is -2.14. The number of anilines is 2. The average molecular weight is 348 g/mol. The molecule has 1 aliphatic rings. The summed E-state index contributed by atoms with van der Waals surface area (Å²) in [6.07, 6.45) is 1.98. The van der Waals surface area contributed by atoms with Gasteiger partial charge >= 0.3 is 6.03 Å². The number of aromatic nitrogens is 1. The summed E-state index contributed by atoms with van der Waals surface area (Å²) >= 11 is 1.27. The van der Waals surface area contributed by atoms with E-state index < -0.39 is 11.8 Å². The molecular formula is C16H17FN4O2S. The lowest BCUT2D eigenvalue weighted by molar-refractivity contribution is 0.0772. The van der Waals surface area contributed by atoms with Gasteiger partial charge in [0, 0.05) is 6.54 Å². The number of hydrogen-bond donors (Lipinski definition) is 2. The van der Waals surface area contributed by atoms with E-state index in [1.54, 1.807) is 17.0 Å². The number of carbonyl (C=O) groups excluding carboxylic acids is 2. The number of unbranched alkanes of at least 4 members (excludes halogenated alkanes) is 1. The molecule has 0 bridgehead atoms. The first kappa shape index (κ1) is 16.4. The maximum Gasteiger partial charge on any atom is 0.325 e. The van der Waals surface area contributed by atoms with Crippen molar-refractivity contribution in [2.24, 2.45) is 0 Å². The van der Waals surface area contributed by atoms with Gasteiger partial charge in [-0.15, -0.1) is 0 Å². The Kier molecular flexibility index (Phi) is 4.75. The molecule has 0 radical (unpaired) electrons. The number of nitrogens with zero attached hydrogens (tertiary/aromatic N) is 2. The summed E-state index contributed by atoms with van der Waals surface area (Å²) in [4.78, 5) is 31.0. The minimum atomic E-state index is -0.595. The highest BCUT2D eigenvalue weighted by molar-refractivity contribution is 7.16. The number of hydrogen-bond acceptors (Lipinski definition) is 4. The molecule has 2 N–H and O–H groups in total. The molecule has 0 unspecified atom stereocenters. The molecule has 0 aliphatic carbocycles. The van der Waals surface area contributed by atoms with E-state index in [9.17, 15) is 14.0 Å². The van der Waals surface area contributed by atoms with Crippen LogP contribution in [0.3, 0.4) is 0 Å². The molecule has 0 saturated heterocycles.